The molecule has 0 radical (unpaired) electrons. The molecule has 0 bridgehead atoms. The van der Waals surface area contributed by atoms with Gasteiger partial charge in [-0.3, -0.25) is 4.79 Å². The highest BCUT2D eigenvalue weighted by molar-refractivity contribution is 7.89. The van der Waals surface area contributed by atoms with Crippen LogP contribution in [-0.2, 0) is 21.2 Å². The molecule has 0 aliphatic rings. The molecule has 0 fully saturated rings. The van der Waals surface area contributed by atoms with E-state index in [9.17, 15) is 17.6 Å². The number of ether oxygens (including phenoxy) is 1. The van der Waals surface area contributed by atoms with E-state index in [2.05, 4.69) is 10.0 Å². The summed E-state index contributed by atoms with van der Waals surface area (Å²) in [5.41, 5.74) is 0.666. The fraction of sp³-hybridized carbons (Fsp3) is 0.278. The Morgan fingerprint density at radius 1 is 1.12 bits per heavy atom. The minimum Gasteiger partial charge on any atom is -0.383 e. The molecule has 26 heavy (non-hydrogen) atoms. The molecule has 2 rings (SSSR count). The molecule has 0 saturated heterocycles. The molecular weight excluding hydrogens is 359 g/mol. The van der Waals surface area contributed by atoms with Crippen LogP contribution in [0.15, 0.2) is 53.4 Å². The first-order valence-electron chi connectivity index (χ1n) is 8.04. The van der Waals surface area contributed by atoms with Gasteiger partial charge in [0.15, 0.2) is 0 Å². The van der Waals surface area contributed by atoms with Gasteiger partial charge in [0, 0.05) is 25.8 Å². The number of sulfonamides is 1. The average molecular weight is 380 g/mol. The lowest BCUT2D eigenvalue weighted by atomic mass is 10.1. The Morgan fingerprint density at radius 2 is 1.88 bits per heavy atom. The number of carbonyl (C=O) groups is 1. The smallest absolute Gasteiger partial charge is 0.251 e. The number of amides is 1. The second-order valence-corrected chi connectivity index (χ2v) is 7.28. The molecule has 1 amide bonds. The van der Waals surface area contributed by atoms with E-state index in [0.717, 1.165) is 0 Å². The van der Waals surface area contributed by atoms with Gasteiger partial charge in [0.05, 0.1) is 11.5 Å². The molecule has 0 heterocycles. The topological polar surface area (TPSA) is 84.5 Å². The Balaban J connectivity index is 2.01. The number of methoxy groups -OCH3 is 1. The maximum absolute atomic E-state index is 13.6. The summed E-state index contributed by atoms with van der Waals surface area (Å²) in [6.45, 7) is 0.738. The number of rotatable bonds is 9. The van der Waals surface area contributed by atoms with E-state index >= 15 is 0 Å². The Bertz CT molecular complexity index is 856. The first kappa shape index (κ1) is 20.0. The minimum atomic E-state index is -3.80. The number of hydrogen-bond acceptors (Lipinski definition) is 4. The maximum atomic E-state index is 13.6. The van der Waals surface area contributed by atoms with Gasteiger partial charge in [0.1, 0.15) is 5.82 Å². The molecular formula is C18H21FN2O4S. The van der Waals surface area contributed by atoms with E-state index in [0.29, 0.717) is 18.7 Å². The van der Waals surface area contributed by atoms with E-state index in [1.165, 1.54) is 37.4 Å². The highest BCUT2D eigenvalue weighted by atomic mass is 32.2. The monoisotopic (exact) mass is 380 g/mol. The van der Waals surface area contributed by atoms with Crippen molar-refractivity contribution in [1.29, 1.82) is 0 Å². The van der Waals surface area contributed by atoms with Crippen LogP contribution in [0.4, 0.5) is 4.39 Å². The lowest BCUT2D eigenvalue weighted by Crippen LogP contribution is -2.28. The molecule has 2 N–H and O–H groups in total. The van der Waals surface area contributed by atoms with E-state index in [1.807, 2.05) is 0 Å². The van der Waals surface area contributed by atoms with Crippen molar-refractivity contribution in [2.24, 2.45) is 0 Å². The van der Waals surface area contributed by atoms with Gasteiger partial charge in [-0.15, -0.1) is 0 Å². The van der Waals surface area contributed by atoms with Gasteiger partial charge >= 0.3 is 0 Å². The van der Waals surface area contributed by atoms with Crippen LogP contribution in [0, 0.1) is 5.82 Å². The van der Waals surface area contributed by atoms with Crippen LogP contribution < -0.4 is 10.0 Å². The Kier molecular flexibility index (Phi) is 7.26. The first-order valence-corrected chi connectivity index (χ1v) is 9.52. The number of halogens is 1. The van der Waals surface area contributed by atoms with Crippen molar-refractivity contribution in [1.82, 2.24) is 10.0 Å². The van der Waals surface area contributed by atoms with Crippen molar-refractivity contribution < 1.29 is 22.3 Å². The van der Waals surface area contributed by atoms with Crippen LogP contribution in [-0.4, -0.2) is 41.1 Å². The van der Waals surface area contributed by atoms with Crippen molar-refractivity contribution in [2.75, 3.05) is 26.8 Å². The van der Waals surface area contributed by atoms with Crippen LogP contribution in [0.5, 0.6) is 0 Å². The Hall–Kier alpha value is -2.29. The zero-order chi connectivity index (χ0) is 19.0. The molecule has 2 aromatic carbocycles. The van der Waals surface area contributed by atoms with Gasteiger partial charge in [0.25, 0.3) is 5.91 Å². The molecule has 0 unspecified atom stereocenters. The molecule has 0 atom stereocenters. The van der Waals surface area contributed by atoms with Crippen molar-refractivity contribution in [2.45, 2.75) is 11.3 Å². The lowest BCUT2D eigenvalue weighted by molar-refractivity contribution is 0.0937. The van der Waals surface area contributed by atoms with Gasteiger partial charge < -0.3 is 10.1 Å². The molecule has 0 saturated carbocycles. The van der Waals surface area contributed by atoms with E-state index in [-0.39, 0.29) is 35.1 Å². The third kappa shape index (κ3) is 5.62. The molecule has 0 aromatic heterocycles. The summed E-state index contributed by atoms with van der Waals surface area (Å²) in [5, 5.41) is 2.63. The van der Waals surface area contributed by atoms with Gasteiger partial charge in [0.2, 0.25) is 10.0 Å². The van der Waals surface area contributed by atoms with Crippen molar-refractivity contribution in [3.05, 3.63) is 65.5 Å². The SMILES string of the molecule is COCCNC(=O)c1cccc(S(=O)(=O)NCCc2ccccc2F)c1. The molecule has 140 valence electrons. The summed E-state index contributed by atoms with van der Waals surface area (Å²) >= 11 is 0. The summed E-state index contributed by atoms with van der Waals surface area (Å²) in [6.07, 6.45) is 0.225. The quantitative estimate of drug-likeness (QED) is 0.649. The highest BCUT2D eigenvalue weighted by Gasteiger charge is 2.16. The van der Waals surface area contributed by atoms with Crippen LogP contribution in [0.2, 0.25) is 0 Å². The molecule has 0 aliphatic heterocycles. The first-order chi connectivity index (χ1) is 12.4. The van der Waals surface area contributed by atoms with Crippen molar-refractivity contribution >= 4 is 15.9 Å². The number of hydrogen-bond donors (Lipinski definition) is 2. The van der Waals surface area contributed by atoms with Gasteiger partial charge in [-0.25, -0.2) is 17.5 Å². The predicted octanol–water partition coefficient (Wildman–Crippen LogP) is 1.72. The zero-order valence-corrected chi connectivity index (χ0v) is 15.2. The largest absolute Gasteiger partial charge is 0.383 e. The summed E-state index contributed by atoms with van der Waals surface area (Å²) in [6, 6.07) is 11.9. The Labute approximate surface area is 152 Å². The van der Waals surface area contributed by atoms with E-state index in [1.54, 1.807) is 18.2 Å². The molecule has 0 aliphatic carbocycles. The van der Waals surface area contributed by atoms with E-state index in [4.69, 9.17) is 4.74 Å². The predicted molar refractivity (Wildman–Crippen MR) is 95.9 cm³/mol. The summed E-state index contributed by atoms with van der Waals surface area (Å²) in [7, 11) is -2.28. The second-order valence-electron chi connectivity index (χ2n) is 5.52. The van der Waals surface area contributed by atoms with Crippen LogP contribution in [0.25, 0.3) is 0 Å². The summed E-state index contributed by atoms with van der Waals surface area (Å²) < 4.78 is 45.6. The average Bonchev–Trinajstić information content (AvgIpc) is 2.63. The third-order valence-corrected chi connectivity index (χ3v) is 5.10. The summed E-state index contributed by atoms with van der Waals surface area (Å²) in [5.74, 6) is -0.758. The fourth-order valence-corrected chi connectivity index (χ4v) is 3.36. The highest BCUT2D eigenvalue weighted by Crippen LogP contribution is 2.12. The molecule has 2 aromatic rings. The van der Waals surface area contributed by atoms with Crippen LogP contribution in [0.1, 0.15) is 15.9 Å². The van der Waals surface area contributed by atoms with Crippen molar-refractivity contribution in [3.63, 3.8) is 0 Å². The van der Waals surface area contributed by atoms with Crippen LogP contribution in [0.3, 0.4) is 0 Å². The fourth-order valence-electron chi connectivity index (χ4n) is 2.28. The van der Waals surface area contributed by atoms with Crippen LogP contribution >= 0.6 is 0 Å². The maximum Gasteiger partial charge on any atom is 0.251 e. The number of benzene rings is 2. The minimum absolute atomic E-state index is 0.0228. The van der Waals surface area contributed by atoms with Gasteiger partial charge in [-0.05, 0) is 36.2 Å². The number of carbonyl (C=O) groups excluding carboxylic acids is 1. The third-order valence-electron chi connectivity index (χ3n) is 3.64. The van der Waals surface area contributed by atoms with Gasteiger partial charge in [-0.1, -0.05) is 24.3 Å². The summed E-state index contributed by atoms with van der Waals surface area (Å²) in [4.78, 5) is 12.0. The normalized spacial score (nSPS) is 11.3. The second kappa shape index (κ2) is 9.42. The molecule has 8 heteroatoms. The van der Waals surface area contributed by atoms with E-state index < -0.39 is 10.0 Å². The number of nitrogens with one attached hydrogen (secondary N) is 2. The van der Waals surface area contributed by atoms with Crippen molar-refractivity contribution in [3.8, 4) is 0 Å². The Morgan fingerprint density at radius 3 is 2.62 bits per heavy atom. The zero-order valence-electron chi connectivity index (χ0n) is 14.4. The molecule has 0 spiro atoms. The van der Waals surface area contributed by atoms with Gasteiger partial charge in [-0.2, -0.15) is 0 Å². The lowest BCUT2D eigenvalue weighted by Gasteiger charge is -2.09. The standard InChI is InChI=1S/C18H21FN2O4S/c1-25-12-11-20-18(22)15-6-4-7-16(13-15)26(23,24)21-10-9-14-5-2-3-8-17(14)19/h2-8,13,21H,9-12H2,1H3,(H,20,22). The molecule has 6 nitrogen and oxygen atoms in total.